The summed E-state index contributed by atoms with van der Waals surface area (Å²) in [6.07, 6.45) is 0. The molecular formula is C14H18N2O. The number of aromatic nitrogens is 1. The van der Waals surface area contributed by atoms with Crippen LogP contribution in [0.15, 0.2) is 30.3 Å². The maximum absolute atomic E-state index is 11.2. The number of rotatable bonds is 2. The highest BCUT2D eigenvalue weighted by atomic mass is 16.1. The summed E-state index contributed by atoms with van der Waals surface area (Å²) in [6.45, 7) is 5.57. The number of nitrogens with one attached hydrogen (secondary N) is 1. The van der Waals surface area contributed by atoms with E-state index in [1.807, 2.05) is 45.2 Å². The number of carbonyl (C=O) groups is 1. The highest BCUT2D eigenvalue weighted by Crippen LogP contribution is 2.16. The van der Waals surface area contributed by atoms with Crippen LogP contribution in [0.5, 0.6) is 0 Å². The van der Waals surface area contributed by atoms with Gasteiger partial charge in [-0.15, -0.1) is 0 Å². The summed E-state index contributed by atoms with van der Waals surface area (Å²) < 4.78 is 0. The maximum atomic E-state index is 11.2. The lowest BCUT2D eigenvalue weighted by Gasteiger charge is -2.03. The van der Waals surface area contributed by atoms with E-state index in [0.29, 0.717) is 0 Å². The third-order valence-electron chi connectivity index (χ3n) is 2.35. The van der Waals surface area contributed by atoms with Crippen molar-refractivity contribution in [2.24, 2.45) is 0 Å². The van der Waals surface area contributed by atoms with Crippen molar-refractivity contribution in [2.45, 2.75) is 20.8 Å². The van der Waals surface area contributed by atoms with E-state index in [1.165, 1.54) is 0 Å². The second kappa shape index (κ2) is 5.99. The summed E-state index contributed by atoms with van der Waals surface area (Å²) in [6, 6.07) is 9.39. The average molecular weight is 230 g/mol. The Morgan fingerprint density at radius 3 is 2.47 bits per heavy atom. The van der Waals surface area contributed by atoms with Gasteiger partial charge in [0.1, 0.15) is 5.82 Å². The summed E-state index contributed by atoms with van der Waals surface area (Å²) in [5.41, 5.74) is 1.62. The largest absolute Gasteiger partial charge is 0.373 e. The minimum Gasteiger partial charge on any atom is -0.373 e. The minimum absolute atomic E-state index is 0.0783. The van der Waals surface area contributed by atoms with E-state index in [4.69, 9.17) is 0 Å². The summed E-state index contributed by atoms with van der Waals surface area (Å²) >= 11 is 0. The molecule has 0 amide bonds. The van der Waals surface area contributed by atoms with E-state index >= 15 is 0 Å². The van der Waals surface area contributed by atoms with Crippen LogP contribution in [-0.4, -0.2) is 17.8 Å². The van der Waals surface area contributed by atoms with Gasteiger partial charge in [0, 0.05) is 18.0 Å². The average Bonchev–Trinajstić information content (AvgIpc) is 2.39. The molecule has 3 heteroatoms. The Balaban J connectivity index is 0.000000686. The van der Waals surface area contributed by atoms with Crippen molar-refractivity contribution in [2.75, 3.05) is 12.4 Å². The lowest BCUT2D eigenvalue weighted by atomic mass is 10.1. The Bertz CT molecular complexity index is 521. The first-order valence-electron chi connectivity index (χ1n) is 5.80. The van der Waals surface area contributed by atoms with Crippen LogP contribution in [0.4, 0.5) is 5.82 Å². The Hall–Kier alpha value is -1.90. The summed E-state index contributed by atoms with van der Waals surface area (Å²) in [7, 11) is 1.83. The molecule has 3 nitrogen and oxygen atoms in total. The van der Waals surface area contributed by atoms with Crippen molar-refractivity contribution in [3.8, 4) is 0 Å². The number of Topliss-reactive ketones (excluding diaryl/α,β-unsaturated/α-hetero) is 1. The molecule has 90 valence electrons. The molecule has 0 spiro atoms. The number of nitrogens with zero attached hydrogens (tertiary/aromatic N) is 1. The zero-order chi connectivity index (χ0) is 12.8. The lowest BCUT2D eigenvalue weighted by Crippen LogP contribution is -1.94. The minimum atomic E-state index is 0.0783. The zero-order valence-corrected chi connectivity index (χ0v) is 10.7. The van der Waals surface area contributed by atoms with Crippen LogP contribution in [0.25, 0.3) is 10.9 Å². The number of pyridine rings is 1. The number of fused-ring (bicyclic) bond motifs is 1. The van der Waals surface area contributed by atoms with E-state index in [9.17, 15) is 4.79 Å². The fraction of sp³-hybridized carbons (Fsp3) is 0.286. The van der Waals surface area contributed by atoms with Gasteiger partial charge in [-0.25, -0.2) is 4.98 Å². The van der Waals surface area contributed by atoms with Crippen LogP contribution >= 0.6 is 0 Å². The van der Waals surface area contributed by atoms with Gasteiger partial charge in [0.15, 0.2) is 5.78 Å². The molecule has 0 aliphatic heterocycles. The van der Waals surface area contributed by atoms with Gasteiger partial charge in [-0.2, -0.15) is 0 Å². The number of ketones is 1. The van der Waals surface area contributed by atoms with E-state index in [0.717, 1.165) is 22.3 Å². The topological polar surface area (TPSA) is 42.0 Å². The van der Waals surface area contributed by atoms with E-state index in [-0.39, 0.29) is 5.78 Å². The first kappa shape index (κ1) is 13.2. The first-order chi connectivity index (χ1) is 8.20. The molecule has 0 aliphatic carbocycles. The van der Waals surface area contributed by atoms with Crippen LogP contribution in [0.1, 0.15) is 31.1 Å². The van der Waals surface area contributed by atoms with E-state index in [2.05, 4.69) is 10.3 Å². The first-order valence-corrected chi connectivity index (χ1v) is 5.80. The number of hydrogen-bond acceptors (Lipinski definition) is 3. The van der Waals surface area contributed by atoms with Gasteiger partial charge in [-0.1, -0.05) is 13.8 Å². The van der Waals surface area contributed by atoms with Gasteiger partial charge in [-0.3, -0.25) is 4.79 Å². The van der Waals surface area contributed by atoms with E-state index < -0.39 is 0 Å². The van der Waals surface area contributed by atoms with Crippen LogP contribution in [-0.2, 0) is 0 Å². The van der Waals surface area contributed by atoms with Crippen molar-refractivity contribution in [3.05, 3.63) is 35.9 Å². The van der Waals surface area contributed by atoms with E-state index in [1.54, 1.807) is 13.0 Å². The molecule has 17 heavy (non-hydrogen) atoms. The summed E-state index contributed by atoms with van der Waals surface area (Å²) in [4.78, 5) is 15.6. The number of benzene rings is 1. The smallest absolute Gasteiger partial charge is 0.159 e. The molecule has 0 aliphatic rings. The molecule has 2 rings (SSSR count). The van der Waals surface area contributed by atoms with Gasteiger partial charge in [0.2, 0.25) is 0 Å². The van der Waals surface area contributed by atoms with Crippen LogP contribution < -0.4 is 5.32 Å². The molecular weight excluding hydrogens is 212 g/mol. The fourth-order valence-electron chi connectivity index (χ4n) is 1.48. The zero-order valence-electron chi connectivity index (χ0n) is 10.7. The van der Waals surface area contributed by atoms with Crippen molar-refractivity contribution < 1.29 is 4.79 Å². The number of carbonyl (C=O) groups excluding carboxylic acids is 1. The second-order valence-electron chi connectivity index (χ2n) is 3.41. The van der Waals surface area contributed by atoms with Gasteiger partial charge in [0.25, 0.3) is 0 Å². The normalized spacial score (nSPS) is 9.41. The molecule has 1 N–H and O–H groups in total. The molecule has 0 fully saturated rings. The molecule has 1 heterocycles. The summed E-state index contributed by atoms with van der Waals surface area (Å²) in [5, 5.41) is 3.97. The van der Waals surface area contributed by atoms with Crippen LogP contribution in [0.3, 0.4) is 0 Å². The highest BCUT2D eigenvalue weighted by Gasteiger charge is 2.01. The molecule has 0 unspecified atom stereocenters. The standard InChI is InChI=1S/C12H12N2O.C2H6/c1-8(15)9-3-5-11-10(7-9)4-6-12(13-2)14-11;1-2/h3-7H,1-2H3,(H,13,14);1-2H3. The number of anilines is 1. The molecule has 0 radical (unpaired) electrons. The molecule has 0 bridgehead atoms. The Morgan fingerprint density at radius 1 is 1.18 bits per heavy atom. The van der Waals surface area contributed by atoms with Crippen molar-refractivity contribution in [1.29, 1.82) is 0 Å². The quantitative estimate of drug-likeness (QED) is 0.803. The van der Waals surface area contributed by atoms with Crippen LogP contribution in [0, 0.1) is 0 Å². The predicted octanol–water partition coefficient (Wildman–Crippen LogP) is 3.51. The van der Waals surface area contributed by atoms with Crippen LogP contribution in [0.2, 0.25) is 0 Å². The Morgan fingerprint density at radius 2 is 1.88 bits per heavy atom. The Labute approximate surface area is 102 Å². The van der Waals surface area contributed by atoms with Gasteiger partial charge in [-0.05, 0) is 37.3 Å². The molecule has 0 saturated carbocycles. The van der Waals surface area contributed by atoms with Gasteiger partial charge < -0.3 is 5.32 Å². The lowest BCUT2D eigenvalue weighted by molar-refractivity contribution is 0.101. The van der Waals surface area contributed by atoms with Gasteiger partial charge in [0.05, 0.1) is 5.52 Å². The Kier molecular flexibility index (Phi) is 4.64. The SMILES string of the molecule is CC.CNc1ccc2cc(C(C)=O)ccc2n1. The monoisotopic (exact) mass is 230 g/mol. The van der Waals surface area contributed by atoms with Gasteiger partial charge >= 0.3 is 0 Å². The molecule has 2 aromatic rings. The van der Waals surface area contributed by atoms with Crippen molar-refractivity contribution >= 4 is 22.5 Å². The summed E-state index contributed by atoms with van der Waals surface area (Å²) in [5.74, 6) is 0.910. The second-order valence-corrected chi connectivity index (χ2v) is 3.41. The third kappa shape index (κ3) is 3.03. The van der Waals surface area contributed by atoms with Crippen molar-refractivity contribution in [1.82, 2.24) is 4.98 Å². The molecule has 0 saturated heterocycles. The highest BCUT2D eigenvalue weighted by molar-refractivity contribution is 5.97. The predicted molar refractivity (Wildman–Crippen MR) is 72.6 cm³/mol. The maximum Gasteiger partial charge on any atom is 0.159 e. The number of hydrogen-bond donors (Lipinski definition) is 1. The third-order valence-corrected chi connectivity index (χ3v) is 2.35. The van der Waals surface area contributed by atoms with Crippen molar-refractivity contribution in [3.63, 3.8) is 0 Å². The molecule has 0 atom stereocenters. The fourth-order valence-corrected chi connectivity index (χ4v) is 1.48. The molecule has 1 aromatic carbocycles. The molecule has 1 aromatic heterocycles.